The minimum atomic E-state index is 0.295. The molecule has 2 unspecified atom stereocenters. The van der Waals surface area contributed by atoms with Crippen LogP contribution in [0.1, 0.15) is 30.3 Å². The van der Waals surface area contributed by atoms with Gasteiger partial charge in [0.1, 0.15) is 0 Å². The second-order valence-corrected chi connectivity index (χ2v) is 5.16. The Morgan fingerprint density at radius 3 is 3.00 bits per heavy atom. The average molecular weight is 245 g/mol. The number of imidazole rings is 1. The van der Waals surface area contributed by atoms with Crippen LogP contribution in [-0.4, -0.2) is 38.9 Å². The Bertz CT molecular complexity index is 562. The molecule has 1 fully saturated rings. The highest BCUT2D eigenvalue weighted by Crippen LogP contribution is 2.31. The van der Waals surface area contributed by atoms with Crippen LogP contribution in [0.3, 0.4) is 0 Å². The summed E-state index contributed by atoms with van der Waals surface area (Å²) >= 11 is 0. The van der Waals surface area contributed by atoms with Gasteiger partial charge in [0.2, 0.25) is 5.78 Å². The first-order valence-electron chi connectivity index (χ1n) is 6.42. The van der Waals surface area contributed by atoms with Gasteiger partial charge in [-0.15, -0.1) is 0 Å². The van der Waals surface area contributed by atoms with E-state index < -0.39 is 0 Å². The van der Waals surface area contributed by atoms with Crippen LogP contribution >= 0.6 is 0 Å². The average Bonchev–Trinajstić information content (AvgIpc) is 2.66. The van der Waals surface area contributed by atoms with E-state index in [9.17, 15) is 0 Å². The van der Waals surface area contributed by atoms with Gasteiger partial charge in [-0.3, -0.25) is 9.30 Å². The van der Waals surface area contributed by atoms with Gasteiger partial charge < -0.3 is 5.73 Å². The summed E-state index contributed by atoms with van der Waals surface area (Å²) in [5.41, 5.74) is 8.34. The van der Waals surface area contributed by atoms with Gasteiger partial charge in [0.15, 0.2) is 0 Å². The molecule has 1 aliphatic heterocycles. The maximum atomic E-state index is 6.02. The predicted octanol–water partition coefficient (Wildman–Crippen LogP) is 1.13. The summed E-state index contributed by atoms with van der Waals surface area (Å²) < 4.78 is 2.10. The van der Waals surface area contributed by atoms with Gasteiger partial charge in [-0.2, -0.15) is 0 Å². The van der Waals surface area contributed by atoms with Crippen LogP contribution in [0.4, 0.5) is 0 Å². The number of aromatic nitrogens is 3. The zero-order valence-corrected chi connectivity index (χ0v) is 10.9. The molecule has 3 heterocycles. The second kappa shape index (κ2) is 4.33. The number of likely N-dealkylation sites (N-methyl/N-ethyl adjacent to an activating group) is 1. The van der Waals surface area contributed by atoms with Crippen molar-refractivity contribution in [3.05, 3.63) is 29.8 Å². The van der Waals surface area contributed by atoms with Crippen molar-refractivity contribution in [3.8, 4) is 0 Å². The Labute approximate surface area is 107 Å². The number of rotatable bonds is 1. The summed E-state index contributed by atoms with van der Waals surface area (Å²) in [6.45, 7) is 3.00. The lowest BCUT2D eigenvalue weighted by Crippen LogP contribution is -2.42. The molecule has 1 aliphatic rings. The molecule has 0 bridgehead atoms. The largest absolute Gasteiger partial charge is 0.327 e. The van der Waals surface area contributed by atoms with Gasteiger partial charge in [-0.1, -0.05) is 0 Å². The van der Waals surface area contributed by atoms with Crippen LogP contribution in [0.25, 0.3) is 5.78 Å². The third-order valence-electron chi connectivity index (χ3n) is 3.81. The van der Waals surface area contributed by atoms with Gasteiger partial charge in [0.25, 0.3) is 0 Å². The summed E-state index contributed by atoms with van der Waals surface area (Å²) in [6, 6.07) is 2.64. The smallest absolute Gasteiger partial charge is 0.234 e. The van der Waals surface area contributed by atoms with E-state index in [0.717, 1.165) is 30.9 Å². The molecule has 2 aromatic rings. The normalized spacial score (nSPS) is 25.7. The van der Waals surface area contributed by atoms with E-state index in [-0.39, 0.29) is 0 Å². The van der Waals surface area contributed by atoms with Crippen molar-refractivity contribution in [1.82, 2.24) is 19.3 Å². The molecule has 2 aromatic heterocycles. The number of aryl methyl sites for hydroxylation is 1. The van der Waals surface area contributed by atoms with E-state index in [0.29, 0.717) is 12.1 Å². The number of hydrogen-bond donors (Lipinski definition) is 1. The zero-order valence-electron chi connectivity index (χ0n) is 10.9. The standard InChI is InChI=1S/C13H19N5/c1-9-12(11-5-4-10(14)8-17(11)2)18-7-3-6-15-13(18)16-9/h3,6-7,10-11H,4-5,8,14H2,1-2H3. The minimum Gasteiger partial charge on any atom is -0.327 e. The topological polar surface area (TPSA) is 59.5 Å². The molecule has 0 spiro atoms. The molecule has 2 atom stereocenters. The molecule has 0 saturated carbocycles. The van der Waals surface area contributed by atoms with Crippen molar-refractivity contribution >= 4 is 5.78 Å². The maximum Gasteiger partial charge on any atom is 0.234 e. The van der Waals surface area contributed by atoms with Crippen LogP contribution in [0.2, 0.25) is 0 Å². The molecule has 0 amide bonds. The summed E-state index contributed by atoms with van der Waals surface area (Å²) in [5.74, 6) is 0.785. The van der Waals surface area contributed by atoms with Crippen molar-refractivity contribution in [2.75, 3.05) is 13.6 Å². The van der Waals surface area contributed by atoms with E-state index in [4.69, 9.17) is 5.73 Å². The maximum absolute atomic E-state index is 6.02. The second-order valence-electron chi connectivity index (χ2n) is 5.16. The molecule has 18 heavy (non-hydrogen) atoms. The van der Waals surface area contributed by atoms with Crippen molar-refractivity contribution in [1.29, 1.82) is 0 Å². The van der Waals surface area contributed by atoms with Gasteiger partial charge in [-0.25, -0.2) is 9.97 Å². The third-order valence-corrected chi connectivity index (χ3v) is 3.81. The van der Waals surface area contributed by atoms with Gasteiger partial charge in [-0.05, 0) is 32.9 Å². The molecule has 0 aliphatic carbocycles. The molecule has 5 nitrogen and oxygen atoms in total. The van der Waals surface area contributed by atoms with Crippen molar-refractivity contribution in [3.63, 3.8) is 0 Å². The number of nitrogens with two attached hydrogens (primary N) is 1. The molecule has 96 valence electrons. The molecular formula is C13H19N5. The number of likely N-dealkylation sites (tertiary alicyclic amines) is 1. The highest BCUT2D eigenvalue weighted by atomic mass is 15.2. The van der Waals surface area contributed by atoms with Crippen molar-refractivity contribution < 1.29 is 0 Å². The van der Waals surface area contributed by atoms with E-state index in [1.807, 2.05) is 12.3 Å². The zero-order chi connectivity index (χ0) is 12.7. The Hall–Kier alpha value is -1.46. The first-order chi connectivity index (χ1) is 8.66. The number of hydrogen-bond acceptors (Lipinski definition) is 4. The Morgan fingerprint density at radius 1 is 1.39 bits per heavy atom. The third kappa shape index (κ3) is 1.79. The van der Waals surface area contributed by atoms with E-state index in [2.05, 4.69) is 33.2 Å². The van der Waals surface area contributed by atoms with Gasteiger partial charge in [0, 0.05) is 25.0 Å². The van der Waals surface area contributed by atoms with Crippen molar-refractivity contribution in [2.24, 2.45) is 5.73 Å². The number of piperidine rings is 1. The van der Waals surface area contributed by atoms with E-state index >= 15 is 0 Å². The number of fused-ring (bicyclic) bond motifs is 1. The molecule has 0 aromatic carbocycles. The van der Waals surface area contributed by atoms with E-state index in [1.165, 1.54) is 5.69 Å². The lowest BCUT2D eigenvalue weighted by Gasteiger charge is -2.35. The molecule has 1 saturated heterocycles. The SMILES string of the molecule is Cc1nc2ncccn2c1C1CCC(N)CN1C. The Balaban J connectivity index is 2.06. The highest BCUT2D eigenvalue weighted by molar-refractivity contribution is 5.36. The van der Waals surface area contributed by atoms with Crippen molar-refractivity contribution in [2.45, 2.75) is 31.8 Å². The quantitative estimate of drug-likeness (QED) is 0.818. The van der Waals surface area contributed by atoms with Crippen LogP contribution in [0.5, 0.6) is 0 Å². The van der Waals surface area contributed by atoms with Crippen LogP contribution < -0.4 is 5.73 Å². The minimum absolute atomic E-state index is 0.295. The first kappa shape index (κ1) is 11.6. The van der Waals surface area contributed by atoms with Crippen LogP contribution in [-0.2, 0) is 0 Å². The van der Waals surface area contributed by atoms with Gasteiger partial charge >= 0.3 is 0 Å². The summed E-state index contributed by atoms with van der Waals surface area (Å²) in [7, 11) is 2.14. The molecular weight excluding hydrogens is 226 g/mol. The summed E-state index contributed by atoms with van der Waals surface area (Å²) in [5, 5.41) is 0. The first-order valence-corrected chi connectivity index (χ1v) is 6.42. The Kier molecular flexibility index (Phi) is 2.80. The number of nitrogens with zero attached hydrogens (tertiary/aromatic N) is 4. The highest BCUT2D eigenvalue weighted by Gasteiger charge is 2.28. The lowest BCUT2D eigenvalue weighted by atomic mass is 9.96. The molecule has 2 N–H and O–H groups in total. The van der Waals surface area contributed by atoms with Crippen LogP contribution in [0, 0.1) is 6.92 Å². The summed E-state index contributed by atoms with van der Waals surface area (Å²) in [6.07, 6.45) is 5.98. The molecule has 3 rings (SSSR count). The monoisotopic (exact) mass is 245 g/mol. The van der Waals surface area contributed by atoms with E-state index in [1.54, 1.807) is 6.20 Å². The molecule has 0 radical (unpaired) electrons. The fourth-order valence-corrected chi connectivity index (χ4v) is 2.94. The Morgan fingerprint density at radius 2 is 2.22 bits per heavy atom. The molecule has 5 heteroatoms. The predicted molar refractivity (Wildman–Crippen MR) is 70.3 cm³/mol. The fraction of sp³-hybridized carbons (Fsp3) is 0.538. The lowest BCUT2D eigenvalue weighted by molar-refractivity contribution is 0.165. The van der Waals surface area contributed by atoms with Gasteiger partial charge in [0.05, 0.1) is 17.4 Å². The van der Waals surface area contributed by atoms with Crippen LogP contribution in [0.15, 0.2) is 18.5 Å². The summed E-state index contributed by atoms with van der Waals surface area (Å²) in [4.78, 5) is 11.2. The fourth-order valence-electron chi connectivity index (χ4n) is 2.94.